The molecule has 0 saturated carbocycles. The Balaban J connectivity index is 1.74. The first kappa shape index (κ1) is 20.0. The Labute approximate surface area is 154 Å². The summed E-state index contributed by atoms with van der Waals surface area (Å²) in [5.41, 5.74) is -0.556. The molecule has 3 saturated heterocycles. The zero-order chi connectivity index (χ0) is 19.3. The second-order valence-electron chi connectivity index (χ2n) is 7.95. The Kier molecular flexibility index (Phi) is 5.14. The van der Waals surface area contributed by atoms with E-state index in [0.717, 1.165) is 0 Å². The van der Waals surface area contributed by atoms with Crippen LogP contribution in [0.25, 0.3) is 0 Å². The van der Waals surface area contributed by atoms with Crippen molar-refractivity contribution < 1.29 is 38.0 Å². The van der Waals surface area contributed by atoms with E-state index in [-0.39, 0.29) is 12.6 Å². The molecule has 0 spiro atoms. The van der Waals surface area contributed by atoms with Crippen LogP contribution in [0, 0.1) is 5.41 Å². The number of fused-ring (bicyclic) bond motifs is 3. The van der Waals surface area contributed by atoms with E-state index in [1.54, 1.807) is 13.8 Å². The first-order valence-corrected chi connectivity index (χ1v) is 9.05. The fraction of sp³-hybridized carbons (Fsp3) is 0.944. The number of carbonyl (C=O) groups is 1. The first-order valence-electron chi connectivity index (χ1n) is 9.05. The molecule has 8 nitrogen and oxygen atoms in total. The van der Waals surface area contributed by atoms with Gasteiger partial charge in [0.2, 0.25) is 11.6 Å². The summed E-state index contributed by atoms with van der Waals surface area (Å²) in [5.74, 6) is -2.56. The normalized spacial score (nSPS) is 45.3. The summed E-state index contributed by atoms with van der Waals surface area (Å²) < 4.78 is 40.7. The Morgan fingerprint density at radius 2 is 1.69 bits per heavy atom. The predicted octanol–water partition coefficient (Wildman–Crippen LogP) is 1.60. The zero-order valence-corrected chi connectivity index (χ0v) is 16.6. The van der Waals surface area contributed by atoms with E-state index in [4.69, 9.17) is 33.2 Å². The van der Waals surface area contributed by atoms with E-state index >= 15 is 0 Å². The molecule has 0 aromatic carbocycles. The van der Waals surface area contributed by atoms with Crippen molar-refractivity contribution in [2.75, 3.05) is 20.8 Å². The Morgan fingerprint density at radius 1 is 1.08 bits per heavy atom. The molecule has 150 valence electrons. The molecule has 0 radical (unpaired) electrons. The molecule has 3 fully saturated rings. The van der Waals surface area contributed by atoms with Gasteiger partial charge in [-0.15, -0.1) is 0 Å². The van der Waals surface area contributed by atoms with E-state index in [0.29, 0.717) is 6.42 Å². The van der Waals surface area contributed by atoms with Gasteiger partial charge in [0.15, 0.2) is 12.4 Å². The average molecular weight is 374 g/mol. The minimum atomic E-state index is -1.15. The predicted molar refractivity (Wildman–Crippen MR) is 89.1 cm³/mol. The van der Waals surface area contributed by atoms with Crippen LogP contribution in [0.1, 0.15) is 41.0 Å². The Hall–Kier alpha value is -0.770. The summed E-state index contributed by atoms with van der Waals surface area (Å²) >= 11 is 0. The second-order valence-corrected chi connectivity index (χ2v) is 7.95. The standard InChI is InChI=1S/C18H30O8/c1-8-16(2,3)15(19)23-10-9-22-12-11(10)24-14-13(12)25-17(4,20-6)18(5,21-7)26-14/h10-14H,8-9H2,1-7H3. The molecule has 3 rings (SSSR count). The number of methoxy groups -OCH3 is 2. The summed E-state index contributed by atoms with van der Waals surface area (Å²) in [6, 6.07) is 0. The van der Waals surface area contributed by atoms with Gasteiger partial charge in [0, 0.05) is 14.2 Å². The molecule has 8 heteroatoms. The van der Waals surface area contributed by atoms with E-state index in [1.807, 2.05) is 20.8 Å². The Bertz CT molecular complexity index is 551. The largest absolute Gasteiger partial charge is 0.457 e. The molecule has 3 aliphatic rings. The topological polar surface area (TPSA) is 81.7 Å². The van der Waals surface area contributed by atoms with Crippen LogP contribution in [0.15, 0.2) is 0 Å². The SMILES string of the molecule is CCC(C)(C)C(=O)OC1COC2C1OC1OC(C)(OC)C(C)(OC)OC12. The van der Waals surface area contributed by atoms with Crippen molar-refractivity contribution in [3.8, 4) is 0 Å². The molecule has 0 N–H and O–H groups in total. The van der Waals surface area contributed by atoms with Gasteiger partial charge in [-0.2, -0.15) is 0 Å². The van der Waals surface area contributed by atoms with Crippen molar-refractivity contribution in [1.82, 2.24) is 0 Å². The average Bonchev–Trinajstić information content (AvgIpc) is 3.15. The molecular weight excluding hydrogens is 344 g/mol. The fourth-order valence-electron chi connectivity index (χ4n) is 3.36. The summed E-state index contributed by atoms with van der Waals surface area (Å²) in [7, 11) is 3.05. The van der Waals surface area contributed by atoms with Crippen molar-refractivity contribution in [1.29, 1.82) is 0 Å². The van der Waals surface area contributed by atoms with Crippen LogP contribution in [0.5, 0.6) is 0 Å². The molecule has 7 atom stereocenters. The first-order chi connectivity index (χ1) is 12.1. The maximum absolute atomic E-state index is 12.4. The highest BCUT2D eigenvalue weighted by molar-refractivity contribution is 5.76. The Morgan fingerprint density at radius 3 is 2.27 bits per heavy atom. The van der Waals surface area contributed by atoms with Crippen LogP contribution in [0.4, 0.5) is 0 Å². The van der Waals surface area contributed by atoms with Gasteiger partial charge >= 0.3 is 5.97 Å². The van der Waals surface area contributed by atoms with Gasteiger partial charge in [0.05, 0.1) is 12.0 Å². The van der Waals surface area contributed by atoms with Gasteiger partial charge in [-0.25, -0.2) is 0 Å². The lowest BCUT2D eigenvalue weighted by atomic mass is 9.90. The lowest BCUT2D eigenvalue weighted by Gasteiger charge is -2.50. The molecule has 0 aromatic heterocycles. The van der Waals surface area contributed by atoms with Crippen molar-refractivity contribution in [3.63, 3.8) is 0 Å². The van der Waals surface area contributed by atoms with Gasteiger partial charge < -0.3 is 33.2 Å². The van der Waals surface area contributed by atoms with E-state index < -0.39 is 47.7 Å². The number of rotatable bonds is 5. The minimum Gasteiger partial charge on any atom is -0.457 e. The maximum Gasteiger partial charge on any atom is 0.311 e. The van der Waals surface area contributed by atoms with Crippen molar-refractivity contribution in [2.24, 2.45) is 5.41 Å². The molecule has 3 heterocycles. The van der Waals surface area contributed by atoms with E-state index in [2.05, 4.69) is 0 Å². The quantitative estimate of drug-likeness (QED) is 0.671. The molecule has 0 amide bonds. The number of hydrogen-bond acceptors (Lipinski definition) is 8. The molecule has 3 aliphatic heterocycles. The van der Waals surface area contributed by atoms with Crippen molar-refractivity contribution >= 4 is 5.97 Å². The zero-order valence-electron chi connectivity index (χ0n) is 16.6. The van der Waals surface area contributed by atoms with Crippen LogP contribution in [-0.2, 0) is 38.0 Å². The van der Waals surface area contributed by atoms with Crippen molar-refractivity contribution in [3.05, 3.63) is 0 Å². The second kappa shape index (κ2) is 6.68. The van der Waals surface area contributed by atoms with Gasteiger partial charge in [-0.05, 0) is 34.1 Å². The van der Waals surface area contributed by atoms with Crippen LogP contribution >= 0.6 is 0 Å². The molecule has 0 bridgehead atoms. The number of ether oxygens (including phenoxy) is 7. The third-order valence-corrected chi connectivity index (χ3v) is 6.03. The smallest absolute Gasteiger partial charge is 0.311 e. The number of carbonyl (C=O) groups excluding carboxylic acids is 1. The van der Waals surface area contributed by atoms with Crippen molar-refractivity contribution in [2.45, 2.75) is 83.3 Å². The molecule has 7 unspecified atom stereocenters. The lowest BCUT2D eigenvalue weighted by Crippen LogP contribution is -2.65. The third-order valence-electron chi connectivity index (χ3n) is 6.03. The minimum absolute atomic E-state index is 0.263. The van der Waals surface area contributed by atoms with Gasteiger partial charge in [0.25, 0.3) is 0 Å². The van der Waals surface area contributed by atoms with E-state index in [9.17, 15) is 4.79 Å². The summed E-state index contributed by atoms with van der Waals surface area (Å²) in [5, 5.41) is 0. The highest BCUT2D eigenvalue weighted by Crippen LogP contribution is 2.46. The summed E-state index contributed by atoms with van der Waals surface area (Å²) in [6.07, 6.45) is -1.88. The molecule has 0 aliphatic carbocycles. The highest BCUT2D eigenvalue weighted by atomic mass is 16.9. The lowest BCUT2D eigenvalue weighted by molar-refractivity contribution is -0.469. The summed E-state index contributed by atoms with van der Waals surface area (Å²) in [6.45, 7) is 9.41. The molecule has 26 heavy (non-hydrogen) atoms. The molecular formula is C18H30O8. The number of esters is 1. The summed E-state index contributed by atoms with van der Waals surface area (Å²) in [4.78, 5) is 12.4. The van der Waals surface area contributed by atoms with Crippen LogP contribution < -0.4 is 0 Å². The van der Waals surface area contributed by atoms with Gasteiger partial charge in [-0.1, -0.05) is 6.92 Å². The van der Waals surface area contributed by atoms with Gasteiger partial charge in [0.1, 0.15) is 18.3 Å². The van der Waals surface area contributed by atoms with Crippen LogP contribution in [0.3, 0.4) is 0 Å². The van der Waals surface area contributed by atoms with Crippen LogP contribution in [0.2, 0.25) is 0 Å². The van der Waals surface area contributed by atoms with Crippen LogP contribution in [-0.4, -0.2) is 69.1 Å². The highest BCUT2D eigenvalue weighted by Gasteiger charge is 2.65. The van der Waals surface area contributed by atoms with E-state index in [1.165, 1.54) is 14.2 Å². The third kappa shape index (κ3) is 2.96. The number of hydrogen-bond donors (Lipinski definition) is 0. The fourth-order valence-corrected chi connectivity index (χ4v) is 3.36. The van der Waals surface area contributed by atoms with Gasteiger partial charge in [-0.3, -0.25) is 4.79 Å². The monoisotopic (exact) mass is 374 g/mol. The molecule has 0 aromatic rings. The maximum atomic E-state index is 12.4.